The highest BCUT2D eigenvalue weighted by Crippen LogP contribution is 2.67. The van der Waals surface area contributed by atoms with Gasteiger partial charge in [-0.25, -0.2) is 26.9 Å². The van der Waals surface area contributed by atoms with Gasteiger partial charge in [0.25, 0.3) is 11.8 Å². The van der Waals surface area contributed by atoms with Crippen molar-refractivity contribution in [3.05, 3.63) is 92.3 Å². The molecule has 2 saturated heterocycles. The number of aromatic hydroxyl groups is 1. The summed E-state index contributed by atoms with van der Waals surface area (Å²) >= 11 is 16.2. The first-order valence-corrected chi connectivity index (χ1v) is 16.4. The molecule has 2 aliphatic heterocycles. The number of fused-ring (bicyclic) bond motifs is 4. The van der Waals surface area contributed by atoms with Crippen molar-refractivity contribution in [1.29, 1.82) is 0 Å². The smallest absolute Gasteiger partial charge is 0.258 e. The topological polar surface area (TPSA) is 104 Å². The van der Waals surface area contributed by atoms with Gasteiger partial charge in [-0.05, 0) is 71.7 Å². The molecule has 2 heterocycles. The molecule has 1 saturated carbocycles. The summed E-state index contributed by atoms with van der Waals surface area (Å²) < 4.78 is 79.2. The Morgan fingerprint density at radius 2 is 1.45 bits per heavy atom. The average Bonchev–Trinajstić information content (AvgIpc) is 3.42. The summed E-state index contributed by atoms with van der Waals surface area (Å²) in [5.41, 5.74) is -1.52. The number of anilines is 2. The van der Waals surface area contributed by atoms with Crippen LogP contribution in [0.1, 0.15) is 24.3 Å². The minimum Gasteiger partial charge on any atom is -0.508 e. The summed E-state index contributed by atoms with van der Waals surface area (Å²) in [4.78, 5) is 51.7. The van der Waals surface area contributed by atoms with Crippen molar-refractivity contribution in [2.24, 2.45) is 17.8 Å². The van der Waals surface area contributed by atoms with Crippen molar-refractivity contribution in [3.8, 4) is 11.5 Å². The average molecular weight is 833 g/mol. The predicted molar refractivity (Wildman–Crippen MR) is 173 cm³/mol. The molecule has 3 aromatic carbocycles. The standard InChI is InChI=1S/C33H20Cl2F5IN2O6/c1-49-14-6-7-16(19(44)10-14)21-15-8-9-17-20(29(46)42(28(17)45)13-4-2-12(41)3-5-13)18(15)11-32(34)30(47)43(31(48)33(21,32)35)27-25(39)23(37)22(36)24(38)26(27)40/h2-8,10,17-18,20-21,44H,9,11H2,1H3. The number of alkyl halides is 2. The summed E-state index contributed by atoms with van der Waals surface area (Å²) in [6, 6.07) is 10.4. The second-order valence-electron chi connectivity index (χ2n) is 12.1. The molecule has 2 aliphatic carbocycles. The van der Waals surface area contributed by atoms with E-state index in [1.54, 1.807) is 30.3 Å². The zero-order valence-corrected chi connectivity index (χ0v) is 28.4. The number of halogens is 8. The Balaban J connectivity index is 1.44. The first kappa shape index (κ1) is 33.7. The monoisotopic (exact) mass is 832 g/mol. The molecule has 0 bridgehead atoms. The molecule has 3 fully saturated rings. The van der Waals surface area contributed by atoms with E-state index < -0.39 is 104 Å². The molecular weight excluding hydrogens is 813 g/mol. The second kappa shape index (κ2) is 11.4. The SMILES string of the molecule is COc1ccc(C2C3=CCC4C(=O)N(c5ccc(I)cc5)C(=O)C4C3CC3(Cl)C(=O)N(c4c(F)c(F)c(F)c(F)c4F)C(=O)C23Cl)c(O)c1. The molecule has 4 aliphatic rings. The zero-order chi connectivity index (χ0) is 35.5. The summed E-state index contributed by atoms with van der Waals surface area (Å²) in [6.45, 7) is 0. The van der Waals surface area contributed by atoms with Gasteiger partial charge >= 0.3 is 0 Å². The zero-order valence-electron chi connectivity index (χ0n) is 24.7. The maximum Gasteiger partial charge on any atom is 0.258 e. The van der Waals surface area contributed by atoms with Gasteiger partial charge in [0.15, 0.2) is 33.0 Å². The highest BCUT2D eigenvalue weighted by Gasteiger charge is 2.77. The lowest BCUT2D eigenvalue weighted by molar-refractivity contribution is -0.125. The van der Waals surface area contributed by atoms with Gasteiger partial charge in [-0.2, -0.15) is 0 Å². The quantitative estimate of drug-likeness (QED) is 0.0616. The Hall–Kier alpha value is -3.76. The molecule has 8 nitrogen and oxygen atoms in total. The van der Waals surface area contributed by atoms with Gasteiger partial charge in [-0.1, -0.05) is 17.7 Å². The summed E-state index contributed by atoms with van der Waals surface area (Å²) in [6.07, 6.45) is 0.845. The van der Waals surface area contributed by atoms with Crippen molar-refractivity contribution in [1.82, 2.24) is 0 Å². The van der Waals surface area contributed by atoms with E-state index in [0.29, 0.717) is 0 Å². The fourth-order valence-electron chi connectivity index (χ4n) is 7.65. The number of benzene rings is 3. The van der Waals surface area contributed by atoms with Crippen LogP contribution in [0.4, 0.5) is 33.3 Å². The molecule has 0 radical (unpaired) electrons. The van der Waals surface area contributed by atoms with Crippen molar-refractivity contribution in [2.75, 3.05) is 16.9 Å². The molecule has 49 heavy (non-hydrogen) atoms. The third kappa shape index (κ3) is 4.38. The van der Waals surface area contributed by atoms with Crippen LogP contribution in [-0.2, 0) is 19.2 Å². The molecule has 16 heteroatoms. The number of phenols is 1. The Kier molecular flexibility index (Phi) is 7.83. The second-order valence-corrected chi connectivity index (χ2v) is 14.6. The Labute approximate surface area is 297 Å². The van der Waals surface area contributed by atoms with Crippen LogP contribution in [0.2, 0.25) is 0 Å². The number of hydrogen-bond acceptors (Lipinski definition) is 6. The lowest BCUT2D eigenvalue weighted by Gasteiger charge is -2.50. The van der Waals surface area contributed by atoms with Gasteiger partial charge in [0.2, 0.25) is 17.6 Å². The molecule has 4 amide bonds. The fraction of sp³-hybridized carbons (Fsp3) is 0.273. The Bertz CT molecular complexity index is 2040. The van der Waals surface area contributed by atoms with Crippen molar-refractivity contribution < 1.29 is 51.0 Å². The maximum atomic E-state index is 15.2. The van der Waals surface area contributed by atoms with Gasteiger partial charge in [-0.3, -0.25) is 24.1 Å². The molecule has 7 rings (SSSR count). The van der Waals surface area contributed by atoms with Crippen LogP contribution in [0.5, 0.6) is 11.5 Å². The van der Waals surface area contributed by atoms with Crippen LogP contribution in [-0.4, -0.2) is 45.6 Å². The molecule has 0 spiro atoms. The summed E-state index contributed by atoms with van der Waals surface area (Å²) in [5.74, 6) is -22.0. The first-order valence-electron chi connectivity index (χ1n) is 14.6. The van der Waals surface area contributed by atoms with Gasteiger partial charge in [-0.15, -0.1) is 23.2 Å². The minimum absolute atomic E-state index is 0.0406. The number of carbonyl (C=O) groups is 4. The highest BCUT2D eigenvalue weighted by molar-refractivity contribution is 14.1. The van der Waals surface area contributed by atoms with Gasteiger partial charge in [0, 0.05) is 21.1 Å². The lowest BCUT2D eigenvalue weighted by Crippen LogP contribution is -2.60. The number of methoxy groups -OCH3 is 1. The number of ether oxygens (including phenoxy) is 1. The lowest BCUT2D eigenvalue weighted by atomic mass is 9.56. The molecule has 6 atom stereocenters. The molecule has 254 valence electrons. The van der Waals surface area contributed by atoms with E-state index >= 15 is 8.78 Å². The molecule has 1 N–H and O–H groups in total. The van der Waals surface area contributed by atoms with Crippen LogP contribution in [0, 0.1) is 50.4 Å². The van der Waals surface area contributed by atoms with Crippen LogP contribution >= 0.6 is 45.8 Å². The maximum absolute atomic E-state index is 15.2. The number of hydrogen-bond donors (Lipinski definition) is 1. The summed E-state index contributed by atoms with van der Waals surface area (Å²) in [5, 5.41) is 11.2. The van der Waals surface area contributed by atoms with Crippen molar-refractivity contribution in [3.63, 3.8) is 0 Å². The first-order chi connectivity index (χ1) is 23.1. The number of rotatable bonds is 4. The third-order valence-electron chi connectivity index (χ3n) is 9.85. The van der Waals surface area contributed by atoms with Crippen molar-refractivity contribution in [2.45, 2.75) is 28.5 Å². The van der Waals surface area contributed by atoms with Crippen LogP contribution in [0.15, 0.2) is 54.1 Å². The van der Waals surface area contributed by atoms with E-state index in [-0.39, 0.29) is 33.9 Å². The Morgan fingerprint density at radius 3 is 2.04 bits per heavy atom. The number of imide groups is 2. The molecule has 3 aromatic rings. The van der Waals surface area contributed by atoms with Gasteiger partial charge < -0.3 is 9.84 Å². The number of amides is 4. The van der Waals surface area contributed by atoms with E-state index in [4.69, 9.17) is 27.9 Å². The van der Waals surface area contributed by atoms with Crippen LogP contribution in [0.3, 0.4) is 0 Å². The van der Waals surface area contributed by atoms with Gasteiger partial charge in [0.05, 0.1) is 24.6 Å². The number of allylic oxidation sites excluding steroid dienone is 2. The van der Waals surface area contributed by atoms with E-state index in [2.05, 4.69) is 22.6 Å². The van der Waals surface area contributed by atoms with Crippen LogP contribution < -0.4 is 14.5 Å². The van der Waals surface area contributed by atoms with Gasteiger partial charge in [0.1, 0.15) is 17.2 Å². The number of carbonyl (C=O) groups excluding carboxylic acids is 4. The Morgan fingerprint density at radius 1 is 0.837 bits per heavy atom. The largest absolute Gasteiger partial charge is 0.508 e. The normalized spacial score (nSPS) is 29.2. The molecule has 6 unspecified atom stereocenters. The molecule has 0 aromatic heterocycles. The third-order valence-corrected chi connectivity index (χ3v) is 12.0. The van der Waals surface area contributed by atoms with Crippen molar-refractivity contribution >= 4 is 80.8 Å². The van der Waals surface area contributed by atoms with E-state index in [9.17, 15) is 37.5 Å². The minimum atomic E-state index is -2.76. The number of nitrogens with zero attached hydrogens (tertiary/aromatic N) is 2. The van der Waals surface area contributed by atoms with E-state index in [1.807, 2.05) is 0 Å². The predicted octanol–water partition coefficient (Wildman–Crippen LogP) is 6.47. The molecular formula is C33H20Cl2F5IN2O6. The van der Waals surface area contributed by atoms with E-state index in [1.165, 1.54) is 19.2 Å². The van der Waals surface area contributed by atoms with E-state index in [0.717, 1.165) is 14.5 Å². The fourth-order valence-corrected chi connectivity index (χ4v) is 8.94. The van der Waals surface area contributed by atoms with Crippen LogP contribution in [0.25, 0.3) is 0 Å². The highest BCUT2D eigenvalue weighted by atomic mass is 127. The summed E-state index contributed by atoms with van der Waals surface area (Å²) in [7, 11) is 1.31. The number of phenolic OH excluding ortho intramolecular Hbond substituents is 1.